The molecule has 31 heavy (non-hydrogen) atoms. The smallest absolute Gasteiger partial charge is 0.276 e. The van der Waals surface area contributed by atoms with Crippen LogP contribution in [-0.2, 0) is 22.6 Å². The van der Waals surface area contributed by atoms with Crippen molar-refractivity contribution in [1.29, 1.82) is 0 Å². The van der Waals surface area contributed by atoms with Gasteiger partial charge in [-0.1, -0.05) is 60.7 Å². The molecule has 2 aromatic carbocycles. The SMILES string of the molecule is Cc1nc2cc[nH]n2c(=O)c1CC(=O)NC(COCc1ccccc1)c1ccccc1. The minimum Gasteiger partial charge on any atom is -0.374 e. The number of aryl methyl sites for hydroxylation is 1. The molecule has 1 atom stereocenters. The van der Waals surface area contributed by atoms with Crippen LogP contribution in [0.2, 0.25) is 0 Å². The normalized spacial score (nSPS) is 12.0. The number of hydrogen-bond acceptors (Lipinski definition) is 4. The number of fused-ring (bicyclic) bond motifs is 1. The molecular formula is C24H24N4O3. The van der Waals surface area contributed by atoms with Crippen molar-refractivity contribution < 1.29 is 9.53 Å². The Labute approximate surface area is 179 Å². The van der Waals surface area contributed by atoms with Gasteiger partial charge in [0.05, 0.1) is 25.7 Å². The maximum absolute atomic E-state index is 12.9. The molecule has 2 heterocycles. The van der Waals surface area contributed by atoms with Gasteiger partial charge in [0, 0.05) is 23.5 Å². The molecule has 2 N–H and O–H groups in total. The molecule has 0 aliphatic heterocycles. The molecule has 1 amide bonds. The number of benzene rings is 2. The van der Waals surface area contributed by atoms with Crippen LogP contribution >= 0.6 is 0 Å². The summed E-state index contributed by atoms with van der Waals surface area (Å²) in [5, 5.41) is 5.84. The summed E-state index contributed by atoms with van der Waals surface area (Å²) in [5.41, 5.74) is 3.19. The van der Waals surface area contributed by atoms with E-state index in [0.29, 0.717) is 30.1 Å². The Morgan fingerprint density at radius 3 is 2.55 bits per heavy atom. The number of carbonyl (C=O) groups excluding carboxylic acids is 1. The van der Waals surface area contributed by atoms with Crippen LogP contribution < -0.4 is 10.9 Å². The van der Waals surface area contributed by atoms with Gasteiger partial charge in [-0.15, -0.1) is 0 Å². The summed E-state index contributed by atoms with van der Waals surface area (Å²) in [6.07, 6.45) is 1.59. The summed E-state index contributed by atoms with van der Waals surface area (Å²) < 4.78 is 7.22. The van der Waals surface area contributed by atoms with Crippen molar-refractivity contribution in [3.63, 3.8) is 0 Å². The number of rotatable bonds is 8. The Balaban J connectivity index is 1.47. The van der Waals surface area contributed by atoms with E-state index in [4.69, 9.17) is 4.74 Å². The van der Waals surface area contributed by atoms with Gasteiger partial charge >= 0.3 is 0 Å². The zero-order valence-corrected chi connectivity index (χ0v) is 17.2. The van der Waals surface area contributed by atoms with Gasteiger partial charge in [-0.2, -0.15) is 0 Å². The van der Waals surface area contributed by atoms with Gasteiger partial charge in [-0.3, -0.25) is 14.7 Å². The molecule has 0 aliphatic carbocycles. The zero-order chi connectivity index (χ0) is 21.6. The third-order valence-electron chi connectivity index (χ3n) is 5.12. The lowest BCUT2D eigenvalue weighted by Gasteiger charge is -2.20. The maximum atomic E-state index is 12.9. The van der Waals surface area contributed by atoms with E-state index in [1.54, 1.807) is 19.2 Å². The fraction of sp³-hybridized carbons (Fsp3) is 0.208. The topological polar surface area (TPSA) is 88.5 Å². The number of amides is 1. The highest BCUT2D eigenvalue weighted by Gasteiger charge is 2.19. The van der Waals surface area contributed by atoms with Gasteiger partial charge in [0.1, 0.15) is 0 Å². The zero-order valence-electron chi connectivity index (χ0n) is 17.2. The first-order chi connectivity index (χ1) is 15.1. The second-order valence-corrected chi connectivity index (χ2v) is 7.35. The predicted molar refractivity (Wildman–Crippen MR) is 118 cm³/mol. The van der Waals surface area contributed by atoms with E-state index < -0.39 is 0 Å². The fourth-order valence-electron chi connectivity index (χ4n) is 3.49. The van der Waals surface area contributed by atoms with Crippen molar-refractivity contribution in [3.8, 4) is 0 Å². The lowest BCUT2D eigenvalue weighted by atomic mass is 10.1. The van der Waals surface area contributed by atoms with Crippen molar-refractivity contribution in [2.75, 3.05) is 6.61 Å². The van der Waals surface area contributed by atoms with E-state index in [1.165, 1.54) is 4.52 Å². The molecule has 0 spiro atoms. The largest absolute Gasteiger partial charge is 0.374 e. The Morgan fingerprint density at radius 2 is 1.81 bits per heavy atom. The first-order valence-corrected chi connectivity index (χ1v) is 10.1. The molecule has 0 saturated heterocycles. The predicted octanol–water partition coefficient (Wildman–Crippen LogP) is 2.95. The van der Waals surface area contributed by atoms with Crippen molar-refractivity contribution in [1.82, 2.24) is 19.9 Å². The van der Waals surface area contributed by atoms with E-state index >= 15 is 0 Å². The standard InChI is InChI=1S/C24H24N4O3/c1-17-20(24(30)28-22(26-17)12-13-25-28)14-23(29)27-21(19-10-6-3-7-11-19)16-31-15-18-8-4-2-5-9-18/h2-13,21,25H,14-16H2,1H3,(H,27,29). The highest BCUT2D eigenvalue weighted by Crippen LogP contribution is 2.15. The molecule has 1 unspecified atom stereocenters. The molecule has 4 aromatic rings. The summed E-state index contributed by atoms with van der Waals surface area (Å²) in [5.74, 6) is -0.259. The van der Waals surface area contributed by atoms with Gasteiger partial charge in [0.15, 0.2) is 5.65 Å². The molecular weight excluding hydrogens is 392 g/mol. The van der Waals surface area contributed by atoms with E-state index in [1.807, 2.05) is 60.7 Å². The fourth-order valence-corrected chi connectivity index (χ4v) is 3.49. The van der Waals surface area contributed by atoms with Gasteiger partial charge in [0.25, 0.3) is 5.56 Å². The highest BCUT2D eigenvalue weighted by molar-refractivity contribution is 5.79. The molecule has 7 nitrogen and oxygen atoms in total. The summed E-state index contributed by atoms with van der Waals surface area (Å²) in [7, 11) is 0. The Bertz CT molecular complexity index is 1220. The molecule has 0 fully saturated rings. The lowest BCUT2D eigenvalue weighted by molar-refractivity contribution is -0.121. The van der Waals surface area contributed by atoms with Crippen LogP contribution in [0.4, 0.5) is 0 Å². The van der Waals surface area contributed by atoms with Crippen LogP contribution in [0, 0.1) is 6.92 Å². The molecule has 7 heteroatoms. The summed E-state index contributed by atoms with van der Waals surface area (Å²) in [6, 6.07) is 20.9. The Morgan fingerprint density at radius 1 is 1.10 bits per heavy atom. The average Bonchev–Trinajstić information content (AvgIpc) is 3.26. The minimum absolute atomic E-state index is 0.0539. The van der Waals surface area contributed by atoms with E-state index in [0.717, 1.165) is 11.1 Å². The number of nitrogens with one attached hydrogen (secondary N) is 2. The van der Waals surface area contributed by atoms with Crippen molar-refractivity contribution in [3.05, 3.63) is 106 Å². The quantitative estimate of drug-likeness (QED) is 0.462. The summed E-state index contributed by atoms with van der Waals surface area (Å²) in [6.45, 7) is 2.51. The van der Waals surface area contributed by atoms with Crippen LogP contribution in [0.15, 0.2) is 77.7 Å². The van der Waals surface area contributed by atoms with E-state index in [2.05, 4.69) is 15.4 Å². The molecule has 0 saturated carbocycles. The van der Waals surface area contributed by atoms with Crippen LogP contribution in [0.25, 0.3) is 5.65 Å². The molecule has 158 valence electrons. The van der Waals surface area contributed by atoms with Crippen LogP contribution in [0.5, 0.6) is 0 Å². The number of H-pyrrole nitrogens is 1. The van der Waals surface area contributed by atoms with Crippen molar-refractivity contribution >= 4 is 11.6 Å². The summed E-state index contributed by atoms with van der Waals surface area (Å²) >= 11 is 0. The Hall–Kier alpha value is -3.71. The van der Waals surface area contributed by atoms with Gasteiger partial charge in [-0.05, 0) is 18.1 Å². The third kappa shape index (κ3) is 4.90. The third-order valence-corrected chi connectivity index (χ3v) is 5.12. The lowest BCUT2D eigenvalue weighted by Crippen LogP contribution is -2.35. The van der Waals surface area contributed by atoms with Gasteiger partial charge < -0.3 is 10.1 Å². The number of hydrogen-bond donors (Lipinski definition) is 2. The first-order valence-electron chi connectivity index (χ1n) is 10.1. The summed E-state index contributed by atoms with van der Waals surface area (Å²) in [4.78, 5) is 30.0. The maximum Gasteiger partial charge on any atom is 0.276 e. The van der Waals surface area contributed by atoms with Crippen LogP contribution in [0.3, 0.4) is 0 Å². The molecule has 4 rings (SSSR count). The number of aromatic nitrogens is 3. The van der Waals surface area contributed by atoms with Crippen LogP contribution in [-0.4, -0.2) is 27.1 Å². The monoisotopic (exact) mass is 416 g/mol. The highest BCUT2D eigenvalue weighted by atomic mass is 16.5. The van der Waals surface area contributed by atoms with E-state index in [-0.39, 0.29) is 23.9 Å². The number of nitrogens with zero attached hydrogens (tertiary/aromatic N) is 2. The average molecular weight is 416 g/mol. The minimum atomic E-state index is -0.331. The van der Waals surface area contributed by atoms with E-state index in [9.17, 15) is 9.59 Å². The first kappa shape index (κ1) is 20.6. The molecule has 0 radical (unpaired) electrons. The van der Waals surface area contributed by atoms with Crippen LogP contribution in [0.1, 0.15) is 28.4 Å². The molecule has 0 bridgehead atoms. The number of carbonyl (C=O) groups is 1. The number of ether oxygens (including phenoxy) is 1. The Kier molecular flexibility index (Phi) is 6.24. The molecule has 0 aliphatic rings. The second-order valence-electron chi connectivity index (χ2n) is 7.35. The van der Waals surface area contributed by atoms with Crippen molar-refractivity contribution in [2.45, 2.75) is 26.0 Å². The molecule has 2 aromatic heterocycles. The second kappa shape index (κ2) is 9.40. The van der Waals surface area contributed by atoms with Gasteiger partial charge in [-0.25, -0.2) is 9.50 Å². The van der Waals surface area contributed by atoms with Gasteiger partial charge in [0.2, 0.25) is 5.91 Å². The van der Waals surface area contributed by atoms with Crippen molar-refractivity contribution in [2.24, 2.45) is 0 Å². The number of aromatic amines is 1.